The van der Waals surface area contributed by atoms with Crippen molar-refractivity contribution in [3.05, 3.63) is 59.1 Å². The maximum absolute atomic E-state index is 7.29. The molecule has 2 aromatic rings. The third-order valence-electron chi connectivity index (χ3n) is 2.58. The third kappa shape index (κ3) is 4.17. The molecule has 0 spiro atoms. The second-order valence-electron chi connectivity index (χ2n) is 4.09. The first kappa shape index (κ1) is 14.2. The minimum Gasteiger partial charge on any atom is -0.490 e. The molecule has 20 heavy (non-hydrogen) atoms. The standard InChI is InChI=1S/C15H15ClN2O2/c16-12-2-1-3-14(10-12)20-9-8-19-13-6-4-11(5-7-13)15(17)18/h1-7,10H,8-9H2,(H3,17,18). The van der Waals surface area contributed by atoms with Crippen molar-refractivity contribution in [3.63, 3.8) is 0 Å². The second kappa shape index (κ2) is 6.82. The van der Waals surface area contributed by atoms with Gasteiger partial charge < -0.3 is 15.2 Å². The highest BCUT2D eigenvalue weighted by atomic mass is 35.5. The van der Waals surface area contributed by atoms with Crippen LogP contribution in [0, 0.1) is 5.41 Å². The van der Waals surface area contributed by atoms with Crippen LogP contribution < -0.4 is 15.2 Å². The molecule has 0 aliphatic rings. The average molecular weight is 291 g/mol. The molecule has 2 rings (SSSR count). The van der Waals surface area contributed by atoms with Crippen LogP contribution >= 0.6 is 11.6 Å². The Morgan fingerprint density at radius 2 is 1.65 bits per heavy atom. The zero-order chi connectivity index (χ0) is 14.4. The molecule has 5 heteroatoms. The molecule has 0 heterocycles. The molecule has 0 amide bonds. The van der Waals surface area contributed by atoms with Crippen molar-refractivity contribution in [1.29, 1.82) is 5.41 Å². The molecule has 3 N–H and O–H groups in total. The highest BCUT2D eigenvalue weighted by Gasteiger charge is 1.99. The molecule has 104 valence electrons. The van der Waals surface area contributed by atoms with Crippen LogP contribution in [0.4, 0.5) is 0 Å². The lowest BCUT2D eigenvalue weighted by molar-refractivity contribution is 0.217. The highest BCUT2D eigenvalue weighted by Crippen LogP contribution is 2.17. The normalized spacial score (nSPS) is 10.1. The van der Waals surface area contributed by atoms with E-state index in [-0.39, 0.29) is 5.84 Å². The molecule has 0 fully saturated rings. The van der Waals surface area contributed by atoms with Gasteiger partial charge in [-0.3, -0.25) is 5.41 Å². The monoisotopic (exact) mass is 290 g/mol. The Labute approximate surface area is 122 Å². The van der Waals surface area contributed by atoms with Crippen LogP contribution in [0.15, 0.2) is 48.5 Å². The Bertz CT molecular complexity index is 585. The molecule has 0 saturated heterocycles. The summed E-state index contributed by atoms with van der Waals surface area (Å²) in [6, 6.07) is 14.3. The summed E-state index contributed by atoms with van der Waals surface area (Å²) in [5, 5.41) is 7.93. The Morgan fingerprint density at radius 1 is 1.00 bits per heavy atom. The quantitative estimate of drug-likeness (QED) is 0.488. The molecule has 0 unspecified atom stereocenters. The van der Waals surface area contributed by atoms with Crippen LogP contribution in [0.1, 0.15) is 5.56 Å². The van der Waals surface area contributed by atoms with Gasteiger partial charge in [0, 0.05) is 10.6 Å². The van der Waals surface area contributed by atoms with Crippen molar-refractivity contribution in [2.75, 3.05) is 13.2 Å². The van der Waals surface area contributed by atoms with E-state index in [1.165, 1.54) is 0 Å². The fourth-order valence-corrected chi connectivity index (χ4v) is 1.79. The number of amidine groups is 1. The molecular weight excluding hydrogens is 276 g/mol. The molecule has 0 radical (unpaired) electrons. The lowest BCUT2D eigenvalue weighted by atomic mass is 10.2. The molecule has 0 aliphatic heterocycles. The van der Waals surface area contributed by atoms with Gasteiger partial charge >= 0.3 is 0 Å². The van der Waals surface area contributed by atoms with Gasteiger partial charge in [0.05, 0.1) is 0 Å². The molecule has 2 aromatic carbocycles. The van der Waals surface area contributed by atoms with Gasteiger partial charge in [-0.2, -0.15) is 0 Å². The van der Waals surface area contributed by atoms with E-state index >= 15 is 0 Å². The van der Waals surface area contributed by atoms with Gasteiger partial charge in [0.2, 0.25) is 0 Å². The van der Waals surface area contributed by atoms with Crippen molar-refractivity contribution in [1.82, 2.24) is 0 Å². The molecule has 0 aliphatic carbocycles. The van der Waals surface area contributed by atoms with E-state index in [4.69, 9.17) is 32.2 Å². The largest absolute Gasteiger partial charge is 0.490 e. The van der Waals surface area contributed by atoms with Crippen LogP contribution in [0.25, 0.3) is 0 Å². The maximum Gasteiger partial charge on any atom is 0.122 e. The summed E-state index contributed by atoms with van der Waals surface area (Å²) in [5.41, 5.74) is 6.05. The summed E-state index contributed by atoms with van der Waals surface area (Å²) in [5.74, 6) is 1.47. The summed E-state index contributed by atoms with van der Waals surface area (Å²) in [6.45, 7) is 0.848. The van der Waals surface area contributed by atoms with Crippen molar-refractivity contribution < 1.29 is 9.47 Å². The summed E-state index contributed by atoms with van der Waals surface area (Å²) in [4.78, 5) is 0. The second-order valence-corrected chi connectivity index (χ2v) is 4.53. The van der Waals surface area contributed by atoms with E-state index in [1.807, 2.05) is 12.1 Å². The van der Waals surface area contributed by atoms with Gasteiger partial charge in [-0.1, -0.05) is 17.7 Å². The van der Waals surface area contributed by atoms with Crippen LogP contribution in [-0.4, -0.2) is 19.0 Å². The number of ether oxygens (including phenoxy) is 2. The van der Waals surface area contributed by atoms with Gasteiger partial charge in [-0.05, 0) is 42.5 Å². The number of halogens is 1. The van der Waals surface area contributed by atoms with E-state index in [0.29, 0.717) is 35.3 Å². The van der Waals surface area contributed by atoms with E-state index in [0.717, 1.165) is 0 Å². The molecular formula is C15H15ClN2O2. The van der Waals surface area contributed by atoms with Crippen molar-refractivity contribution in [2.45, 2.75) is 0 Å². The van der Waals surface area contributed by atoms with Gasteiger partial charge in [-0.25, -0.2) is 0 Å². The Hall–Kier alpha value is -2.20. The first-order valence-corrected chi connectivity index (χ1v) is 6.48. The topological polar surface area (TPSA) is 68.3 Å². The number of hydrogen-bond acceptors (Lipinski definition) is 3. The summed E-state index contributed by atoms with van der Waals surface area (Å²) in [7, 11) is 0. The van der Waals surface area contributed by atoms with Crippen LogP contribution in [0.5, 0.6) is 11.5 Å². The van der Waals surface area contributed by atoms with E-state index in [1.54, 1.807) is 36.4 Å². The molecule has 0 atom stereocenters. The summed E-state index contributed by atoms with van der Waals surface area (Å²) in [6.07, 6.45) is 0. The Balaban J connectivity index is 1.77. The van der Waals surface area contributed by atoms with Crippen molar-refractivity contribution in [2.24, 2.45) is 5.73 Å². The first-order valence-electron chi connectivity index (χ1n) is 6.11. The van der Waals surface area contributed by atoms with E-state index < -0.39 is 0 Å². The minimum absolute atomic E-state index is 0.0424. The Morgan fingerprint density at radius 3 is 2.25 bits per heavy atom. The average Bonchev–Trinajstić information content (AvgIpc) is 2.44. The van der Waals surface area contributed by atoms with Crippen molar-refractivity contribution >= 4 is 17.4 Å². The van der Waals surface area contributed by atoms with Crippen LogP contribution in [-0.2, 0) is 0 Å². The number of benzene rings is 2. The lowest BCUT2D eigenvalue weighted by Crippen LogP contribution is -2.11. The van der Waals surface area contributed by atoms with E-state index in [2.05, 4.69) is 0 Å². The summed E-state index contributed by atoms with van der Waals surface area (Å²) >= 11 is 5.86. The Kier molecular flexibility index (Phi) is 4.85. The zero-order valence-electron chi connectivity index (χ0n) is 10.8. The highest BCUT2D eigenvalue weighted by molar-refractivity contribution is 6.30. The number of nitrogens with one attached hydrogen (secondary N) is 1. The molecule has 4 nitrogen and oxygen atoms in total. The van der Waals surface area contributed by atoms with Crippen molar-refractivity contribution in [3.8, 4) is 11.5 Å². The summed E-state index contributed by atoms with van der Waals surface area (Å²) < 4.78 is 11.0. The smallest absolute Gasteiger partial charge is 0.122 e. The number of hydrogen-bond donors (Lipinski definition) is 2. The zero-order valence-corrected chi connectivity index (χ0v) is 11.6. The molecule has 0 bridgehead atoms. The lowest BCUT2D eigenvalue weighted by Gasteiger charge is -2.09. The predicted molar refractivity (Wildman–Crippen MR) is 79.9 cm³/mol. The minimum atomic E-state index is 0.0424. The van der Waals surface area contributed by atoms with Crippen LogP contribution in [0.2, 0.25) is 5.02 Å². The van der Waals surface area contributed by atoms with E-state index in [9.17, 15) is 0 Å². The fraction of sp³-hybridized carbons (Fsp3) is 0.133. The van der Waals surface area contributed by atoms with Gasteiger partial charge in [0.25, 0.3) is 0 Å². The number of nitrogen functional groups attached to an aromatic ring is 1. The molecule has 0 aromatic heterocycles. The fourth-order valence-electron chi connectivity index (χ4n) is 1.61. The van der Waals surface area contributed by atoms with Crippen LogP contribution in [0.3, 0.4) is 0 Å². The number of rotatable bonds is 6. The molecule has 0 saturated carbocycles. The van der Waals surface area contributed by atoms with Gasteiger partial charge in [-0.15, -0.1) is 0 Å². The first-order chi connectivity index (χ1) is 9.65. The number of nitrogens with two attached hydrogens (primary N) is 1. The van der Waals surface area contributed by atoms with Gasteiger partial charge in [0.1, 0.15) is 30.5 Å². The third-order valence-corrected chi connectivity index (χ3v) is 2.82. The maximum atomic E-state index is 7.29. The SMILES string of the molecule is N=C(N)c1ccc(OCCOc2cccc(Cl)c2)cc1. The van der Waals surface area contributed by atoms with Gasteiger partial charge in [0.15, 0.2) is 0 Å². The predicted octanol–water partition coefficient (Wildman–Crippen LogP) is 3.08.